The van der Waals surface area contributed by atoms with Gasteiger partial charge in [0.15, 0.2) is 0 Å². The lowest BCUT2D eigenvalue weighted by atomic mass is 9.87. The Bertz CT molecular complexity index is 531. The number of unbranched alkanes of at least 4 members (excludes halogenated alkanes) is 1. The van der Waals surface area contributed by atoms with E-state index >= 15 is 0 Å². The van der Waals surface area contributed by atoms with E-state index in [0.29, 0.717) is 12.0 Å². The Hall–Kier alpha value is -2.37. The Morgan fingerprint density at radius 2 is 1.78 bits per heavy atom. The highest BCUT2D eigenvalue weighted by atomic mass is 16.4. The minimum Gasteiger partial charge on any atom is -0.550 e. The van der Waals surface area contributed by atoms with Crippen molar-refractivity contribution in [3.05, 3.63) is 35.9 Å². The fourth-order valence-electron chi connectivity index (χ4n) is 2.33. The zero-order chi connectivity index (χ0) is 17.2. The lowest BCUT2D eigenvalue weighted by molar-refractivity contribution is -0.313. The molecule has 0 aliphatic heterocycles. The number of amides is 2. The average Bonchev–Trinajstić information content (AvgIpc) is 2.53. The van der Waals surface area contributed by atoms with Gasteiger partial charge in [0.1, 0.15) is 0 Å². The number of aliphatic carboxylic acids is 1. The molecule has 0 aliphatic rings. The lowest BCUT2D eigenvalue weighted by Crippen LogP contribution is -2.43. The van der Waals surface area contributed by atoms with Crippen LogP contribution in [0.4, 0.5) is 0 Å². The van der Waals surface area contributed by atoms with Crippen LogP contribution in [0.1, 0.15) is 49.9 Å². The predicted molar refractivity (Wildman–Crippen MR) is 83.9 cm³/mol. The molecular formula is C17H23N2O4-. The van der Waals surface area contributed by atoms with E-state index in [-0.39, 0.29) is 12.3 Å². The van der Waals surface area contributed by atoms with Gasteiger partial charge in [-0.3, -0.25) is 20.4 Å². The summed E-state index contributed by atoms with van der Waals surface area (Å²) in [5.41, 5.74) is 5.05. The van der Waals surface area contributed by atoms with E-state index in [1.165, 1.54) is 0 Å². The van der Waals surface area contributed by atoms with Crippen molar-refractivity contribution in [2.24, 2.45) is 11.8 Å². The SMILES string of the molecule is CCCC[C@@H](C(=O)[O-])[C@@H](C)CC(=O)NNC(=O)c1ccccc1. The number of carboxylic acid groups (broad SMARTS) is 1. The molecule has 0 aliphatic carbocycles. The normalized spacial score (nSPS) is 13.0. The van der Waals surface area contributed by atoms with Crippen LogP contribution in [0.3, 0.4) is 0 Å². The monoisotopic (exact) mass is 319 g/mol. The number of carbonyl (C=O) groups excluding carboxylic acids is 3. The minimum atomic E-state index is -1.13. The van der Waals surface area contributed by atoms with Gasteiger partial charge in [-0.25, -0.2) is 0 Å². The summed E-state index contributed by atoms with van der Waals surface area (Å²) in [6.45, 7) is 3.68. The number of carboxylic acids is 1. The van der Waals surface area contributed by atoms with Crippen molar-refractivity contribution in [1.29, 1.82) is 0 Å². The van der Waals surface area contributed by atoms with Gasteiger partial charge in [-0.15, -0.1) is 0 Å². The average molecular weight is 319 g/mol. The van der Waals surface area contributed by atoms with Crippen molar-refractivity contribution in [2.45, 2.75) is 39.5 Å². The Morgan fingerprint density at radius 3 is 2.35 bits per heavy atom. The summed E-state index contributed by atoms with van der Waals surface area (Å²) in [6.07, 6.45) is 2.16. The van der Waals surface area contributed by atoms with Crippen LogP contribution in [-0.4, -0.2) is 17.8 Å². The summed E-state index contributed by atoms with van der Waals surface area (Å²) in [6, 6.07) is 8.48. The highest BCUT2D eigenvalue weighted by Crippen LogP contribution is 2.21. The number of hydrogen-bond donors (Lipinski definition) is 2. The summed E-state index contributed by atoms with van der Waals surface area (Å²) in [4.78, 5) is 34.8. The van der Waals surface area contributed by atoms with Gasteiger partial charge in [-0.2, -0.15) is 0 Å². The number of hydrazine groups is 1. The van der Waals surface area contributed by atoms with Crippen LogP contribution in [-0.2, 0) is 9.59 Å². The van der Waals surface area contributed by atoms with Crippen molar-refractivity contribution in [2.75, 3.05) is 0 Å². The van der Waals surface area contributed by atoms with Gasteiger partial charge in [0.05, 0.1) is 0 Å². The van der Waals surface area contributed by atoms with Crippen LogP contribution in [0, 0.1) is 11.8 Å². The Balaban J connectivity index is 2.45. The Labute approximate surface area is 136 Å². The second-order valence-corrected chi connectivity index (χ2v) is 5.62. The summed E-state index contributed by atoms with van der Waals surface area (Å²) in [5, 5.41) is 11.2. The van der Waals surface area contributed by atoms with Gasteiger partial charge in [0.2, 0.25) is 5.91 Å². The molecule has 0 fully saturated rings. The van der Waals surface area contributed by atoms with Gasteiger partial charge in [0.25, 0.3) is 5.91 Å². The Morgan fingerprint density at radius 1 is 1.13 bits per heavy atom. The van der Waals surface area contributed by atoms with Gasteiger partial charge in [0, 0.05) is 23.9 Å². The number of nitrogens with one attached hydrogen (secondary N) is 2. The van der Waals surface area contributed by atoms with Crippen LogP contribution in [0.25, 0.3) is 0 Å². The molecule has 6 heteroatoms. The highest BCUT2D eigenvalue weighted by molar-refractivity contribution is 5.95. The van der Waals surface area contributed by atoms with Crippen molar-refractivity contribution in [3.8, 4) is 0 Å². The topological polar surface area (TPSA) is 98.3 Å². The van der Waals surface area contributed by atoms with E-state index in [1.807, 2.05) is 6.92 Å². The third kappa shape index (κ3) is 6.50. The largest absolute Gasteiger partial charge is 0.550 e. The van der Waals surface area contributed by atoms with Gasteiger partial charge >= 0.3 is 0 Å². The van der Waals surface area contributed by atoms with Gasteiger partial charge in [-0.1, -0.05) is 44.9 Å². The van der Waals surface area contributed by atoms with Crippen LogP contribution in [0.15, 0.2) is 30.3 Å². The summed E-state index contributed by atoms with van der Waals surface area (Å²) < 4.78 is 0. The molecule has 23 heavy (non-hydrogen) atoms. The number of benzene rings is 1. The van der Waals surface area contributed by atoms with Crippen LogP contribution in [0.5, 0.6) is 0 Å². The van der Waals surface area contributed by atoms with Gasteiger partial charge < -0.3 is 9.90 Å². The molecule has 6 nitrogen and oxygen atoms in total. The molecule has 0 radical (unpaired) electrons. The smallest absolute Gasteiger partial charge is 0.269 e. The molecule has 1 aromatic carbocycles. The molecule has 126 valence electrons. The molecule has 0 saturated heterocycles. The van der Waals surface area contributed by atoms with E-state index in [0.717, 1.165) is 12.8 Å². The van der Waals surface area contributed by atoms with E-state index in [4.69, 9.17) is 0 Å². The first kappa shape index (κ1) is 18.7. The second kappa shape index (κ2) is 9.61. The van der Waals surface area contributed by atoms with Gasteiger partial charge in [-0.05, 0) is 24.5 Å². The molecule has 0 aromatic heterocycles. The third-order valence-corrected chi connectivity index (χ3v) is 3.72. The standard InChI is InChI=1S/C17H24N2O4/c1-3-4-10-14(17(22)23)12(2)11-15(20)18-19-16(21)13-8-6-5-7-9-13/h5-9,12,14H,3-4,10-11H2,1-2H3,(H,18,20)(H,19,21)(H,22,23)/p-1/t12-,14+/m0/s1. The summed E-state index contributed by atoms with van der Waals surface area (Å²) in [5.74, 6) is -3.00. The molecular weight excluding hydrogens is 296 g/mol. The van der Waals surface area contributed by atoms with Crippen LogP contribution >= 0.6 is 0 Å². The third-order valence-electron chi connectivity index (χ3n) is 3.72. The zero-order valence-corrected chi connectivity index (χ0v) is 13.5. The second-order valence-electron chi connectivity index (χ2n) is 5.62. The molecule has 2 amide bonds. The fraction of sp³-hybridized carbons (Fsp3) is 0.471. The highest BCUT2D eigenvalue weighted by Gasteiger charge is 2.21. The number of hydrogen-bond acceptors (Lipinski definition) is 4. The number of rotatable bonds is 8. The summed E-state index contributed by atoms with van der Waals surface area (Å²) >= 11 is 0. The first-order chi connectivity index (χ1) is 11.0. The fourth-order valence-corrected chi connectivity index (χ4v) is 2.33. The molecule has 0 spiro atoms. The quantitative estimate of drug-likeness (QED) is 0.699. The molecule has 1 aromatic rings. The molecule has 2 atom stereocenters. The van der Waals surface area contributed by atoms with Crippen molar-refractivity contribution in [3.63, 3.8) is 0 Å². The van der Waals surface area contributed by atoms with Crippen molar-refractivity contribution in [1.82, 2.24) is 10.9 Å². The summed E-state index contributed by atoms with van der Waals surface area (Å²) in [7, 11) is 0. The lowest BCUT2D eigenvalue weighted by Gasteiger charge is -2.24. The molecule has 1 rings (SSSR count). The minimum absolute atomic E-state index is 0.0113. The molecule has 0 saturated carbocycles. The van der Waals surface area contributed by atoms with E-state index < -0.39 is 23.7 Å². The predicted octanol–water partition coefficient (Wildman–Crippen LogP) is 1.03. The zero-order valence-electron chi connectivity index (χ0n) is 13.5. The molecule has 0 unspecified atom stereocenters. The molecule has 0 bridgehead atoms. The maximum atomic E-state index is 11.9. The molecule has 2 N–H and O–H groups in total. The number of carbonyl (C=O) groups is 3. The van der Waals surface area contributed by atoms with E-state index in [2.05, 4.69) is 10.9 Å². The van der Waals surface area contributed by atoms with Crippen molar-refractivity contribution >= 4 is 17.8 Å². The van der Waals surface area contributed by atoms with Crippen LogP contribution in [0.2, 0.25) is 0 Å². The van der Waals surface area contributed by atoms with Crippen LogP contribution < -0.4 is 16.0 Å². The van der Waals surface area contributed by atoms with E-state index in [9.17, 15) is 19.5 Å². The molecule has 0 heterocycles. The maximum absolute atomic E-state index is 11.9. The van der Waals surface area contributed by atoms with Crippen molar-refractivity contribution < 1.29 is 19.5 Å². The van der Waals surface area contributed by atoms with E-state index in [1.54, 1.807) is 37.3 Å². The first-order valence-corrected chi connectivity index (χ1v) is 7.80. The Kier molecular flexibility index (Phi) is 7.80. The maximum Gasteiger partial charge on any atom is 0.269 e. The first-order valence-electron chi connectivity index (χ1n) is 7.80.